The number of benzene rings is 2. The summed E-state index contributed by atoms with van der Waals surface area (Å²) in [5.41, 5.74) is 2.32. The van der Waals surface area contributed by atoms with Gasteiger partial charge in [-0.2, -0.15) is 0 Å². The molecule has 150 valence electrons. The van der Waals surface area contributed by atoms with E-state index < -0.39 is 0 Å². The van der Waals surface area contributed by atoms with Crippen LogP contribution in [0, 0.1) is 5.92 Å². The molecule has 0 saturated carbocycles. The fraction of sp³-hybridized carbons (Fsp3) is 0.364. The van der Waals surface area contributed by atoms with Crippen molar-refractivity contribution in [1.29, 1.82) is 0 Å². The van der Waals surface area contributed by atoms with Gasteiger partial charge in [0.1, 0.15) is 5.75 Å². The summed E-state index contributed by atoms with van der Waals surface area (Å²) in [6, 6.07) is 12.9. The zero-order chi connectivity index (χ0) is 20.7. The Balaban J connectivity index is 1.95. The molecule has 0 aromatic heterocycles. The number of rotatable bonds is 8. The molecule has 0 unspecified atom stereocenters. The van der Waals surface area contributed by atoms with Crippen LogP contribution in [0.5, 0.6) is 5.75 Å². The number of ether oxygens (including phenoxy) is 1. The molecule has 0 fully saturated rings. The summed E-state index contributed by atoms with van der Waals surface area (Å²) in [4.78, 5) is 25.8. The molecule has 28 heavy (non-hydrogen) atoms. The molecule has 0 heterocycles. The van der Waals surface area contributed by atoms with Crippen molar-refractivity contribution >= 4 is 33.4 Å². The summed E-state index contributed by atoms with van der Waals surface area (Å²) in [6.07, 6.45) is 1.15. The third kappa shape index (κ3) is 6.68. The van der Waals surface area contributed by atoms with Crippen molar-refractivity contribution in [2.24, 2.45) is 5.92 Å². The molecular formula is C22H27BrN2O3. The second-order valence-electron chi connectivity index (χ2n) is 7.29. The van der Waals surface area contributed by atoms with E-state index in [4.69, 9.17) is 4.74 Å². The predicted molar refractivity (Wildman–Crippen MR) is 116 cm³/mol. The average Bonchev–Trinajstić information content (AvgIpc) is 2.65. The van der Waals surface area contributed by atoms with Crippen molar-refractivity contribution in [1.82, 2.24) is 4.90 Å². The van der Waals surface area contributed by atoms with E-state index in [-0.39, 0.29) is 11.8 Å². The van der Waals surface area contributed by atoms with Gasteiger partial charge in [-0.3, -0.25) is 9.59 Å². The Kier molecular flexibility index (Phi) is 8.05. The van der Waals surface area contributed by atoms with E-state index in [1.54, 1.807) is 37.2 Å². The van der Waals surface area contributed by atoms with Gasteiger partial charge in [0.25, 0.3) is 5.91 Å². The molecule has 0 radical (unpaired) electrons. The fourth-order valence-corrected chi connectivity index (χ4v) is 2.94. The molecule has 0 spiro atoms. The Bertz CT molecular complexity index is 817. The van der Waals surface area contributed by atoms with E-state index in [2.05, 4.69) is 35.1 Å². The van der Waals surface area contributed by atoms with Crippen LogP contribution in [-0.4, -0.2) is 37.4 Å². The highest BCUT2D eigenvalue weighted by Gasteiger charge is 2.11. The van der Waals surface area contributed by atoms with Crippen LogP contribution in [0.1, 0.15) is 36.2 Å². The van der Waals surface area contributed by atoms with E-state index in [1.807, 2.05) is 24.3 Å². The molecule has 0 aliphatic carbocycles. The van der Waals surface area contributed by atoms with Crippen LogP contribution in [0.3, 0.4) is 0 Å². The SMILES string of the molecule is CC(C)COc1ccc(C(=O)Nc2ccc(CCC(=O)N(C)C)cc2)cc1Br. The van der Waals surface area contributed by atoms with Gasteiger partial charge in [-0.05, 0) is 64.2 Å². The van der Waals surface area contributed by atoms with Gasteiger partial charge in [-0.25, -0.2) is 0 Å². The Hall–Kier alpha value is -2.34. The van der Waals surface area contributed by atoms with Gasteiger partial charge < -0.3 is 15.0 Å². The molecule has 2 aromatic carbocycles. The maximum atomic E-state index is 12.5. The third-order valence-corrected chi connectivity index (χ3v) is 4.72. The van der Waals surface area contributed by atoms with Crippen LogP contribution in [0.15, 0.2) is 46.9 Å². The van der Waals surface area contributed by atoms with Crippen molar-refractivity contribution in [3.63, 3.8) is 0 Å². The molecule has 0 atom stereocenters. The summed E-state index contributed by atoms with van der Waals surface area (Å²) in [5.74, 6) is 1.07. The first-order valence-electron chi connectivity index (χ1n) is 9.29. The minimum absolute atomic E-state index is 0.101. The van der Waals surface area contributed by atoms with Crippen LogP contribution in [0.25, 0.3) is 0 Å². The van der Waals surface area contributed by atoms with E-state index in [0.29, 0.717) is 36.6 Å². The van der Waals surface area contributed by atoms with Gasteiger partial charge >= 0.3 is 0 Å². The largest absolute Gasteiger partial charge is 0.492 e. The monoisotopic (exact) mass is 446 g/mol. The maximum Gasteiger partial charge on any atom is 0.255 e. The second-order valence-corrected chi connectivity index (χ2v) is 8.14. The van der Waals surface area contributed by atoms with Crippen molar-refractivity contribution in [3.8, 4) is 5.75 Å². The Labute approximate surface area is 175 Å². The Morgan fingerprint density at radius 2 is 1.79 bits per heavy atom. The molecule has 0 saturated heterocycles. The summed E-state index contributed by atoms with van der Waals surface area (Å²) in [6.45, 7) is 4.79. The second kappa shape index (κ2) is 10.3. The van der Waals surface area contributed by atoms with E-state index in [0.717, 1.165) is 15.8 Å². The first-order valence-corrected chi connectivity index (χ1v) is 10.1. The number of carbonyl (C=O) groups is 2. The molecule has 6 heteroatoms. The number of amides is 2. The standard InChI is InChI=1S/C22H27BrN2O3/c1-15(2)14-28-20-11-8-17(13-19(20)23)22(27)24-18-9-5-16(6-10-18)7-12-21(26)25(3)4/h5-6,8-11,13,15H,7,12,14H2,1-4H3,(H,24,27). The third-order valence-electron chi connectivity index (χ3n) is 4.10. The summed E-state index contributed by atoms with van der Waals surface area (Å²) >= 11 is 3.46. The number of aryl methyl sites for hydroxylation is 1. The topological polar surface area (TPSA) is 58.6 Å². The Morgan fingerprint density at radius 1 is 1.11 bits per heavy atom. The van der Waals surface area contributed by atoms with Crippen molar-refractivity contribution in [2.75, 3.05) is 26.0 Å². The van der Waals surface area contributed by atoms with Crippen molar-refractivity contribution in [2.45, 2.75) is 26.7 Å². The van der Waals surface area contributed by atoms with E-state index in [1.165, 1.54) is 0 Å². The lowest BCUT2D eigenvalue weighted by Crippen LogP contribution is -2.21. The van der Waals surface area contributed by atoms with Crippen molar-refractivity contribution < 1.29 is 14.3 Å². The van der Waals surface area contributed by atoms with Crippen LogP contribution >= 0.6 is 15.9 Å². The number of nitrogens with zero attached hydrogens (tertiary/aromatic N) is 1. The lowest BCUT2D eigenvalue weighted by Gasteiger charge is -2.12. The highest BCUT2D eigenvalue weighted by atomic mass is 79.9. The lowest BCUT2D eigenvalue weighted by molar-refractivity contribution is -0.128. The van der Waals surface area contributed by atoms with Gasteiger partial charge in [0.2, 0.25) is 5.91 Å². The van der Waals surface area contributed by atoms with Gasteiger partial charge in [-0.15, -0.1) is 0 Å². The summed E-state index contributed by atoms with van der Waals surface area (Å²) < 4.78 is 6.46. The first-order chi connectivity index (χ1) is 13.3. The molecular weight excluding hydrogens is 420 g/mol. The van der Waals surface area contributed by atoms with Gasteiger partial charge in [-0.1, -0.05) is 26.0 Å². The first kappa shape index (κ1) is 22.0. The smallest absolute Gasteiger partial charge is 0.255 e. The summed E-state index contributed by atoms with van der Waals surface area (Å²) in [7, 11) is 3.50. The average molecular weight is 447 g/mol. The van der Waals surface area contributed by atoms with E-state index >= 15 is 0 Å². The van der Waals surface area contributed by atoms with Crippen LogP contribution in [0.2, 0.25) is 0 Å². The predicted octanol–water partition coefficient (Wildman–Crippen LogP) is 4.76. The normalized spacial score (nSPS) is 10.6. The van der Waals surface area contributed by atoms with Crippen LogP contribution < -0.4 is 10.1 Å². The molecule has 0 aliphatic heterocycles. The minimum atomic E-state index is -0.188. The van der Waals surface area contributed by atoms with Crippen LogP contribution in [0.4, 0.5) is 5.69 Å². The zero-order valence-electron chi connectivity index (χ0n) is 16.8. The highest BCUT2D eigenvalue weighted by molar-refractivity contribution is 9.10. The molecule has 5 nitrogen and oxygen atoms in total. The van der Waals surface area contributed by atoms with Gasteiger partial charge in [0.15, 0.2) is 0 Å². The summed E-state index contributed by atoms with van der Waals surface area (Å²) in [5, 5.41) is 2.89. The highest BCUT2D eigenvalue weighted by Crippen LogP contribution is 2.27. The maximum absolute atomic E-state index is 12.5. The van der Waals surface area contributed by atoms with Crippen LogP contribution in [-0.2, 0) is 11.2 Å². The number of anilines is 1. The van der Waals surface area contributed by atoms with Gasteiger partial charge in [0, 0.05) is 31.8 Å². The van der Waals surface area contributed by atoms with Crippen molar-refractivity contribution in [3.05, 3.63) is 58.1 Å². The lowest BCUT2D eigenvalue weighted by atomic mass is 10.1. The molecule has 2 aromatic rings. The molecule has 2 rings (SSSR count). The number of halogens is 1. The Morgan fingerprint density at radius 3 is 2.36 bits per heavy atom. The molecule has 2 amide bonds. The molecule has 1 N–H and O–H groups in total. The van der Waals surface area contributed by atoms with Gasteiger partial charge in [0.05, 0.1) is 11.1 Å². The fourth-order valence-electron chi connectivity index (χ4n) is 2.45. The quantitative estimate of drug-likeness (QED) is 0.635. The number of hydrogen-bond donors (Lipinski definition) is 1. The van der Waals surface area contributed by atoms with E-state index in [9.17, 15) is 9.59 Å². The number of hydrogen-bond acceptors (Lipinski definition) is 3. The molecule has 0 bridgehead atoms. The minimum Gasteiger partial charge on any atom is -0.492 e. The molecule has 0 aliphatic rings. The zero-order valence-corrected chi connectivity index (χ0v) is 18.4. The number of carbonyl (C=O) groups excluding carboxylic acids is 2. The number of nitrogens with one attached hydrogen (secondary N) is 1.